The zero-order valence-corrected chi connectivity index (χ0v) is 19.7. The number of amides is 2. The van der Waals surface area contributed by atoms with Crippen molar-refractivity contribution in [3.8, 4) is 0 Å². The number of ether oxygens (including phenoxy) is 1. The van der Waals surface area contributed by atoms with E-state index in [-0.39, 0.29) is 50.1 Å². The van der Waals surface area contributed by atoms with Crippen LogP contribution in [0.4, 0.5) is 50.0 Å². The number of nitrogens with two attached hydrogens (primary N) is 1. The lowest BCUT2D eigenvalue weighted by molar-refractivity contribution is -0.308. The van der Waals surface area contributed by atoms with Gasteiger partial charge in [0, 0.05) is 51.4 Å². The van der Waals surface area contributed by atoms with Crippen LogP contribution in [0.25, 0.3) is 0 Å². The van der Waals surface area contributed by atoms with Crippen LogP contribution < -0.4 is 11.1 Å². The number of rotatable bonds is 8. The Morgan fingerprint density at radius 3 is 2.05 bits per heavy atom. The number of hydrogen-bond donors (Lipinski definition) is 2. The summed E-state index contributed by atoms with van der Waals surface area (Å²) >= 11 is 0. The highest BCUT2D eigenvalue weighted by Gasteiger charge is 2.60. The van der Waals surface area contributed by atoms with Gasteiger partial charge in [-0.2, -0.15) is 39.5 Å². The second-order valence-electron chi connectivity index (χ2n) is 9.33. The summed E-state index contributed by atoms with van der Waals surface area (Å²) in [5.41, 5.74) is 4.92. The smallest absolute Gasteiger partial charge is 0.426 e. The third-order valence-electron chi connectivity index (χ3n) is 6.38. The van der Waals surface area contributed by atoms with Crippen LogP contribution in [0, 0.1) is 11.8 Å². The highest BCUT2D eigenvalue weighted by atomic mass is 19.4. The average Bonchev–Trinajstić information content (AvgIpc) is 3.32. The topological polar surface area (TPSA) is 87.9 Å². The van der Waals surface area contributed by atoms with Crippen LogP contribution >= 0.6 is 0 Å². The molecule has 3 N–H and O–H groups in total. The highest BCUT2D eigenvalue weighted by molar-refractivity contribution is 5.73. The zero-order valence-electron chi connectivity index (χ0n) is 19.7. The number of anilines is 1. The van der Waals surface area contributed by atoms with Gasteiger partial charge in [0.2, 0.25) is 5.91 Å². The Labute approximate surface area is 211 Å². The first kappa shape index (κ1) is 29.6. The summed E-state index contributed by atoms with van der Waals surface area (Å²) in [6.07, 6.45) is -21.8. The third kappa shape index (κ3) is 7.57. The molecule has 3 rings (SSSR count). The molecule has 2 unspecified atom stereocenters. The quantitative estimate of drug-likeness (QED) is 0.362. The number of hydrogen-bond acceptors (Lipinski definition) is 5. The summed E-state index contributed by atoms with van der Waals surface area (Å²) in [4.78, 5) is 25.6. The van der Waals surface area contributed by atoms with E-state index in [2.05, 4.69) is 10.1 Å². The van der Waals surface area contributed by atoms with Crippen LogP contribution in [0.3, 0.4) is 0 Å². The summed E-state index contributed by atoms with van der Waals surface area (Å²) in [6, 6.07) is 3.19. The molecule has 1 aromatic carbocycles. The predicted molar refractivity (Wildman–Crippen MR) is 115 cm³/mol. The molecule has 0 radical (unpaired) electrons. The number of benzene rings is 1. The molecule has 1 aromatic rings. The minimum Gasteiger partial charge on any atom is -0.426 e. The van der Waals surface area contributed by atoms with Crippen LogP contribution in [0.2, 0.25) is 0 Å². The molecule has 0 bridgehead atoms. The van der Waals surface area contributed by atoms with Gasteiger partial charge in [0.1, 0.15) is 0 Å². The van der Waals surface area contributed by atoms with Gasteiger partial charge >= 0.3 is 24.6 Å². The molecule has 214 valence electrons. The first-order valence-electron chi connectivity index (χ1n) is 11.5. The third-order valence-corrected chi connectivity index (χ3v) is 6.38. The number of carbonyl (C=O) groups excluding carboxylic acids is 2. The molecule has 16 heteroatoms. The summed E-state index contributed by atoms with van der Waals surface area (Å²) in [5.74, 6) is -1.08. The summed E-state index contributed by atoms with van der Waals surface area (Å²) in [7, 11) is 0. The van der Waals surface area contributed by atoms with Crippen molar-refractivity contribution < 1.29 is 53.8 Å². The molecular weight excluding hydrogens is 539 g/mol. The fourth-order valence-corrected chi connectivity index (χ4v) is 4.64. The van der Waals surface area contributed by atoms with Crippen LogP contribution in [0.5, 0.6) is 0 Å². The van der Waals surface area contributed by atoms with Crippen molar-refractivity contribution in [2.45, 2.75) is 44.0 Å². The molecule has 2 atom stereocenters. The Bertz CT molecular complexity index is 985. The molecule has 2 aliphatic heterocycles. The maximum Gasteiger partial charge on any atom is 0.434 e. The molecule has 2 saturated heterocycles. The Hall–Kier alpha value is -2.91. The van der Waals surface area contributed by atoms with E-state index in [1.165, 1.54) is 6.07 Å². The Kier molecular flexibility index (Phi) is 8.63. The fourth-order valence-electron chi connectivity index (χ4n) is 4.64. The molecule has 7 nitrogen and oxygen atoms in total. The second-order valence-corrected chi connectivity index (χ2v) is 9.33. The number of fused-ring (bicyclic) bond motifs is 1. The summed E-state index contributed by atoms with van der Waals surface area (Å²) < 4.78 is 120. The van der Waals surface area contributed by atoms with Gasteiger partial charge in [0.05, 0.1) is 5.56 Å². The molecule has 38 heavy (non-hydrogen) atoms. The monoisotopic (exact) mass is 564 g/mol. The summed E-state index contributed by atoms with van der Waals surface area (Å²) in [6.45, 7) is 0.798. The van der Waals surface area contributed by atoms with Crippen molar-refractivity contribution in [1.29, 1.82) is 0 Å². The number of alkyl halides is 9. The van der Waals surface area contributed by atoms with Crippen molar-refractivity contribution in [1.82, 2.24) is 9.80 Å². The molecule has 2 heterocycles. The van der Waals surface area contributed by atoms with Gasteiger partial charge in [0.15, 0.2) is 0 Å². The van der Waals surface area contributed by atoms with Gasteiger partial charge < -0.3 is 20.7 Å². The van der Waals surface area contributed by atoms with Crippen molar-refractivity contribution >= 4 is 17.7 Å². The lowest BCUT2D eigenvalue weighted by Crippen LogP contribution is -2.48. The van der Waals surface area contributed by atoms with E-state index in [0.29, 0.717) is 25.1 Å². The fraction of sp³-hybridized carbons (Fsp3) is 0.636. The molecule has 0 saturated carbocycles. The van der Waals surface area contributed by atoms with Crippen LogP contribution in [0.15, 0.2) is 18.2 Å². The van der Waals surface area contributed by atoms with Crippen molar-refractivity contribution in [3.63, 3.8) is 0 Å². The van der Waals surface area contributed by atoms with Gasteiger partial charge in [-0.3, -0.25) is 9.69 Å². The first-order chi connectivity index (χ1) is 17.4. The Morgan fingerprint density at radius 2 is 1.55 bits per heavy atom. The molecule has 2 aliphatic rings. The SMILES string of the molecule is NC(=O)CCCNc1cc(C(F)(F)F)ccc1CN1CC2CN(C(=O)OC(C(F)(F)F)C(F)(F)F)CC2C1. The Morgan fingerprint density at radius 1 is 0.974 bits per heavy atom. The number of halogens is 9. The van der Waals surface area contributed by atoms with E-state index >= 15 is 0 Å². The molecule has 0 aliphatic carbocycles. The lowest BCUT2D eigenvalue weighted by atomic mass is 10.0. The van der Waals surface area contributed by atoms with Crippen LogP contribution in [0.1, 0.15) is 24.0 Å². The van der Waals surface area contributed by atoms with Gasteiger partial charge in [-0.25, -0.2) is 4.79 Å². The van der Waals surface area contributed by atoms with E-state index in [1.54, 1.807) is 0 Å². The lowest BCUT2D eigenvalue weighted by Gasteiger charge is -2.26. The van der Waals surface area contributed by atoms with Crippen molar-refractivity contribution in [2.75, 3.05) is 38.0 Å². The normalized spacial score (nSPS) is 20.6. The van der Waals surface area contributed by atoms with Gasteiger partial charge in [0.25, 0.3) is 6.10 Å². The van der Waals surface area contributed by atoms with E-state index in [0.717, 1.165) is 17.0 Å². The summed E-state index contributed by atoms with van der Waals surface area (Å²) in [5, 5.41) is 2.88. The first-order valence-corrected chi connectivity index (χ1v) is 11.5. The van der Waals surface area contributed by atoms with Crippen molar-refractivity contribution in [2.24, 2.45) is 17.6 Å². The highest BCUT2D eigenvalue weighted by Crippen LogP contribution is 2.38. The number of nitrogens with one attached hydrogen (secondary N) is 1. The van der Waals surface area contributed by atoms with Crippen molar-refractivity contribution in [3.05, 3.63) is 29.3 Å². The minimum absolute atomic E-state index is 0.0440. The number of carbonyl (C=O) groups is 2. The second kappa shape index (κ2) is 11.1. The van der Waals surface area contributed by atoms with E-state index in [4.69, 9.17) is 5.73 Å². The number of primary amides is 1. The average molecular weight is 564 g/mol. The van der Waals surface area contributed by atoms with E-state index in [9.17, 15) is 49.1 Å². The zero-order chi connectivity index (χ0) is 28.5. The molecule has 2 fully saturated rings. The van der Waals surface area contributed by atoms with Gasteiger partial charge in [-0.15, -0.1) is 0 Å². The van der Waals surface area contributed by atoms with E-state index in [1.807, 2.05) is 4.90 Å². The largest absolute Gasteiger partial charge is 0.434 e. The maximum absolute atomic E-state index is 13.2. The standard InChI is InChI=1S/C22H25F9N4O3/c23-20(24,25)15-4-3-12(16(6-15)33-5-1-2-17(32)36)7-34-8-13-10-35(11-14(13)9-34)19(37)38-18(21(26,27)28)22(29,30)31/h3-4,6,13-14,18,33H,1-2,5,7-11H2,(H2,32,36). The van der Waals surface area contributed by atoms with Gasteiger partial charge in [-0.1, -0.05) is 6.07 Å². The van der Waals surface area contributed by atoms with Crippen LogP contribution in [-0.4, -0.2) is 73.0 Å². The van der Waals surface area contributed by atoms with E-state index < -0.39 is 42.2 Å². The predicted octanol–water partition coefficient (Wildman–Crippen LogP) is 4.38. The molecule has 0 aromatic heterocycles. The minimum atomic E-state index is -5.81. The molecular formula is C22H25F9N4O3. The Balaban J connectivity index is 1.61. The van der Waals surface area contributed by atoms with Gasteiger partial charge in [-0.05, 0) is 36.0 Å². The number of likely N-dealkylation sites (tertiary alicyclic amines) is 2. The number of nitrogens with zero attached hydrogens (tertiary/aromatic N) is 2. The van der Waals surface area contributed by atoms with Crippen LogP contribution in [-0.2, 0) is 22.3 Å². The maximum atomic E-state index is 13.2. The molecule has 2 amide bonds. The molecule has 0 spiro atoms.